The van der Waals surface area contributed by atoms with Gasteiger partial charge >= 0.3 is 0 Å². The summed E-state index contributed by atoms with van der Waals surface area (Å²) < 4.78 is 0. The maximum atomic E-state index is 11.9. The van der Waals surface area contributed by atoms with E-state index in [2.05, 4.69) is 4.90 Å². The molecular formula is C12H23N3O2S. The van der Waals surface area contributed by atoms with E-state index in [1.54, 1.807) is 11.9 Å². The van der Waals surface area contributed by atoms with E-state index in [1.165, 1.54) is 12.8 Å². The third kappa shape index (κ3) is 5.75. The van der Waals surface area contributed by atoms with Gasteiger partial charge in [-0.3, -0.25) is 9.69 Å². The number of thiocarbonyl (C=S) groups is 1. The van der Waals surface area contributed by atoms with Crippen LogP contribution in [0, 0.1) is 0 Å². The van der Waals surface area contributed by atoms with Crippen molar-refractivity contribution >= 4 is 23.1 Å². The highest BCUT2D eigenvalue weighted by atomic mass is 32.1. The molecule has 1 aliphatic rings. The van der Waals surface area contributed by atoms with Gasteiger partial charge in [0.15, 0.2) is 0 Å². The first-order valence-corrected chi connectivity index (χ1v) is 6.82. The Morgan fingerprint density at radius 3 is 2.50 bits per heavy atom. The van der Waals surface area contributed by atoms with E-state index in [1.807, 2.05) is 0 Å². The third-order valence-electron chi connectivity index (χ3n) is 3.18. The molecule has 0 aromatic rings. The maximum absolute atomic E-state index is 11.9. The largest absolute Gasteiger partial charge is 0.395 e. The number of carbonyl (C=O) groups excluding carboxylic acids is 1. The lowest BCUT2D eigenvalue weighted by atomic mass is 10.3. The van der Waals surface area contributed by atoms with Crippen LogP contribution in [0.15, 0.2) is 0 Å². The summed E-state index contributed by atoms with van der Waals surface area (Å²) in [4.78, 5) is 16.2. The number of rotatable bonds is 9. The molecule has 0 bridgehead atoms. The lowest BCUT2D eigenvalue weighted by Gasteiger charge is -2.22. The summed E-state index contributed by atoms with van der Waals surface area (Å²) >= 11 is 4.79. The Kier molecular flexibility index (Phi) is 6.52. The SMILES string of the molecule is CN(CCC(N)=S)C(=O)CCN(CCO)C1CC1. The van der Waals surface area contributed by atoms with Crippen molar-refractivity contribution in [3.05, 3.63) is 0 Å². The monoisotopic (exact) mass is 273 g/mol. The molecule has 0 unspecified atom stereocenters. The molecule has 1 fully saturated rings. The van der Waals surface area contributed by atoms with E-state index in [-0.39, 0.29) is 12.5 Å². The fourth-order valence-corrected chi connectivity index (χ4v) is 1.97. The number of hydrogen-bond acceptors (Lipinski definition) is 4. The number of aliphatic hydroxyl groups excluding tert-OH is 1. The lowest BCUT2D eigenvalue weighted by Crippen LogP contribution is -2.35. The molecule has 6 heteroatoms. The van der Waals surface area contributed by atoms with Gasteiger partial charge in [-0.25, -0.2) is 0 Å². The van der Waals surface area contributed by atoms with E-state index >= 15 is 0 Å². The molecule has 5 nitrogen and oxygen atoms in total. The second-order valence-electron chi connectivity index (χ2n) is 4.77. The minimum atomic E-state index is 0.106. The molecule has 1 aliphatic carbocycles. The first-order valence-electron chi connectivity index (χ1n) is 6.41. The molecule has 1 saturated carbocycles. The summed E-state index contributed by atoms with van der Waals surface area (Å²) in [6, 6.07) is 0.576. The van der Waals surface area contributed by atoms with Gasteiger partial charge in [-0.2, -0.15) is 0 Å². The Hall–Kier alpha value is -0.720. The zero-order valence-electron chi connectivity index (χ0n) is 11.0. The molecule has 1 rings (SSSR count). The Balaban J connectivity index is 2.23. The maximum Gasteiger partial charge on any atom is 0.223 e. The van der Waals surface area contributed by atoms with Crippen molar-refractivity contribution in [1.82, 2.24) is 9.80 Å². The molecule has 0 heterocycles. The zero-order chi connectivity index (χ0) is 13.5. The second kappa shape index (κ2) is 7.66. The average Bonchev–Trinajstić information content (AvgIpc) is 3.15. The normalized spacial score (nSPS) is 14.8. The van der Waals surface area contributed by atoms with Gasteiger partial charge in [0.1, 0.15) is 0 Å². The minimum absolute atomic E-state index is 0.106. The molecule has 1 amide bonds. The number of carbonyl (C=O) groups is 1. The zero-order valence-corrected chi connectivity index (χ0v) is 11.8. The van der Waals surface area contributed by atoms with Crippen molar-refractivity contribution in [1.29, 1.82) is 0 Å². The van der Waals surface area contributed by atoms with Crippen LogP contribution in [0.1, 0.15) is 25.7 Å². The molecule has 0 atom stereocenters. The van der Waals surface area contributed by atoms with E-state index in [9.17, 15) is 4.79 Å². The number of amides is 1. The summed E-state index contributed by atoms with van der Waals surface area (Å²) in [5.74, 6) is 0.106. The Morgan fingerprint density at radius 2 is 2.00 bits per heavy atom. The number of aliphatic hydroxyl groups is 1. The average molecular weight is 273 g/mol. The van der Waals surface area contributed by atoms with Crippen LogP contribution >= 0.6 is 12.2 Å². The van der Waals surface area contributed by atoms with Crippen molar-refractivity contribution in [2.45, 2.75) is 31.7 Å². The van der Waals surface area contributed by atoms with Gasteiger partial charge in [0.25, 0.3) is 0 Å². The van der Waals surface area contributed by atoms with E-state index in [0.717, 1.165) is 6.54 Å². The van der Waals surface area contributed by atoms with Crippen molar-refractivity contribution in [3.63, 3.8) is 0 Å². The first kappa shape index (κ1) is 15.3. The van der Waals surface area contributed by atoms with Crippen LogP contribution in [0.3, 0.4) is 0 Å². The molecule has 104 valence electrons. The van der Waals surface area contributed by atoms with E-state index < -0.39 is 0 Å². The van der Waals surface area contributed by atoms with E-state index in [0.29, 0.717) is 37.0 Å². The van der Waals surface area contributed by atoms with Crippen LogP contribution in [0.2, 0.25) is 0 Å². The first-order chi connectivity index (χ1) is 8.54. The van der Waals surface area contributed by atoms with Crippen molar-refractivity contribution < 1.29 is 9.90 Å². The van der Waals surface area contributed by atoms with Crippen molar-refractivity contribution in [3.8, 4) is 0 Å². The van der Waals surface area contributed by atoms with Crippen LogP contribution in [-0.4, -0.2) is 65.1 Å². The van der Waals surface area contributed by atoms with E-state index in [4.69, 9.17) is 23.1 Å². The molecule has 0 radical (unpaired) electrons. The van der Waals surface area contributed by atoms with Crippen LogP contribution in [0.5, 0.6) is 0 Å². The van der Waals surface area contributed by atoms with Crippen LogP contribution in [-0.2, 0) is 4.79 Å². The Labute approximate surface area is 114 Å². The molecule has 3 N–H and O–H groups in total. The Morgan fingerprint density at radius 1 is 1.33 bits per heavy atom. The van der Waals surface area contributed by atoms with Crippen molar-refractivity contribution in [2.24, 2.45) is 5.73 Å². The molecule has 0 spiro atoms. The predicted molar refractivity (Wildman–Crippen MR) is 75.3 cm³/mol. The van der Waals surface area contributed by atoms with Crippen LogP contribution in [0.25, 0.3) is 0 Å². The number of nitrogens with two attached hydrogens (primary N) is 1. The topological polar surface area (TPSA) is 69.8 Å². The van der Waals surface area contributed by atoms with Gasteiger partial charge in [0.05, 0.1) is 11.6 Å². The molecular weight excluding hydrogens is 250 g/mol. The molecule has 0 aromatic heterocycles. The fourth-order valence-electron chi connectivity index (χ4n) is 1.88. The van der Waals surface area contributed by atoms with Gasteiger partial charge in [-0.05, 0) is 12.8 Å². The molecule has 0 aromatic carbocycles. The highest BCUT2D eigenvalue weighted by Gasteiger charge is 2.28. The summed E-state index contributed by atoms with van der Waals surface area (Å²) in [5, 5.41) is 8.97. The highest BCUT2D eigenvalue weighted by molar-refractivity contribution is 7.80. The number of nitrogens with zero attached hydrogens (tertiary/aromatic N) is 2. The van der Waals surface area contributed by atoms with Gasteiger partial charge in [-0.15, -0.1) is 0 Å². The number of hydrogen-bond donors (Lipinski definition) is 2. The standard InChI is InChI=1S/C12H23N3O2S/c1-14(6-4-11(13)18)12(17)5-7-15(8-9-16)10-2-3-10/h10,16H,2-9H2,1H3,(H2,13,18). The third-order valence-corrected chi connectivity index (χ3v) is 3.39. The van der Waals surface area contributed by atoms with Crippen molar-refractivity contribution in [2.75, 3.05) is 33.3 Å². The van der Waals surface area contributed by atoms with Gasteiger partial charge in [-0.1, -0.05) is 12.2 Å². The summed E-state index contributed by atoms with van der Waals surface area (Å²) in [5.41, 5.74) is 5.41. The molecule has 18 heavy (non-hydrogen) atoms. The van der Waals surface area contributed by atoms with Gasteiger partial charge in [0.2, 0.25) is 5.91 Å². The van der Waals surface area contributed by atoms with Crippen LogP contribution < -0.4 is 5.73 Å². The van der Waals surface area contributed by atoms with Gasteiger partial charge in [0, 0.05) is 45.6 Å². The lowest BCUT2D eigenvalue weighted by molar-refractivity contribution is -0.130. The smallest absolute Gasteiger partial charge is 0.223 e. The highest BCUT2D eigenvalue weighted by Crippen LogP contribution is 2.26. The summed E-state index contributed by atoms with van der Waals surface area (Å²) in [7, 11) is 1.77. The van der Waals surface area contributed by atoms with Gasteiger partial charge < -0.3 is 15.7 Å². The molecule has 0 saturated heterocycles. The quantitative estimate of drug-likeness (QED) is 0.577. The van der Waals surface area contributed by atoms with Crippen LogP contribution in [0.4, 0.5) is 0 Å². The predicted octanol–water partition coefficient (Wildman–Crippen LogP) is -0.0322. The second-order valence-corrected chi connectivity index (χ2v) is 5.30. The molecule has 0 aliphatic heterocycles. The Bertz CT molecular complexity index is 295. The fraction of sp³-hybridized carbons (Fsp3) is 0.833. The minimum Gasteiger partial charge on any atom is -0.395 e. The summed E-state index contributed by atoms with van der Waals surface area (Å²) in [6.45, 7) is 2.12. The summed E-state index contributed by atoms with van der Waals surface area (Å²) in [6.07, 6.45) is 3.43.